The Labute approximate surface area is 123 Å². The van der Waals surface area contributed by atoms with E-state index in [2.05, 4.69) is 46.3 Å². The highest BCUT2D eigenvalue weighted by Crippen LogP contribution is 2.27. The van der Waals surface area contributed by atoms with Crippen molar-refractivity contribution in [2.45, 2.75) is 38.9 Å². The summed E-state index contributed by atoms with van der Waals surface area (Å²) in [4.78, 5) is 5.30. The zero-order chi connectivity index (χ0) is 13.8. The quantitative estimate of drug-likeness (QED) is 0.856. The first-order chi connectivity index (χ1) is 9.86. The first kappa shape index (κ1) is 14.1. The monoisotopic (exact) mass is 273 g/mol. The van der Waals surface area contributed by atoms with E-state index in [1.54, 1.807) is 0 Å². The molecule has 2 fully saturated rings. The summed E-state index contributed by atoms with van der Waals surface area (Å²) in [6.07, 6.45) is 2.87. The lowest BCUT2D eigenvalue weighted by molar-refractivity contribution is 0.121. The van der Waals surface area contributed by atoms with E-state index in [0.29, 0.717) is 0 Å². The molecule has 2 aliphatic rings. The smallest absolute Gasteiger partial charge is 0.0238 e. The molecule has 3 rings (SSSR count). The van der Waals surface area contributed by atoms with E-state index in [9.17, 15) is 0 Å². The maximum Gasteiger partial charge on any atom is 0.0238 e. The van der Waals surface area contributed by atoms with Gasteiger partial charge >= 0.3 is 0 Å². The van der Waals surface area contributed by atoms with Gasteiger partial charge in [0.1, 0.15) is 0 Å². The Kier molecular flexibility index (Phi) is 4.71. The second-order valence-electron chi connectivity index (χ2n) is 6.09. The molecule has 1 N–H and O–H groups in total. The van der Waals surface area contributed by atoms with Crippen LogP contribution in [-0.4, -0.2) is 48.6 Å². The lowest BCUT2D eigenvalue weighted by Gasteiger charge is -2.35. The molecular weight excluding hydrogens is 246 g/mol. The van der Waals surface area contributed by atoms with Gasteiger partial charge in [-0.3, -0.25) is 9.80 Å². The SMILES string of the molecule is CCNCc1ccccc1CN1CCN(C2CC2)CC1. The van der Waals surface area contributed by atoms with Gasteiger partial charge in [-0.2, -0.15) is 0 Å². The van der Waals surface area contributed by atoms with Crippen molar-refractivity contribution in [1.29, 1.82) is 0 Å². The van der Waals surface area contributed by atoms with E-state index < -0.39 is 0 Å². The number of nitrogens with zero attached hydrogens (tertiary/aromatic N) is 2. The minimum Gasteiger partial charge on any atom is -0.313 e. The number of hydrogen-bond acceptors (Lipinski definition) is 3. The van der Waals surface area contributed by atoms with Gasteiger partial charge in [-0.25, -0.2) is 0 Å². The van der Waals surface area contributed by atoms with Gasteiger partial charge in [0, 0.05) is 45.3 Å². The lowest BCUT2D eigenvalue weighted by atomic mass is 10.1. The molecule has 110 valence electrons. The second kappa shape index (κ2) is 6.70. The largest absolute Gasteiger partial charge is 0.313 e. The Morgan fingerprint density at radius 2 is 1.75 bits per heavy atom. The fourth-order valence-electron chi connectivity index (χ4n) is 3.11. The number of nitrogens with one attached hydrogen (secondary N) is 1. The molecular formula is C17H27N3. The molecule has 3 nitrogen and oxygen atoms in total. The predicted molar refractivity (Wildman–Crippen MR) is 83.7 cm³/mol. The van der Waals surface area contributed by atoms with Crippen LogP contribution < -0.4 is 5.32 Å². The highest BCUT2D eigenvalue weighted by atomic mass is 15.3. The Morgan fingerprint density at radius 1 is 1.05 bits per heavy atom. The zero-order valence-electron chi connectivity index (χ0n) is 12.6. The van der Waals surface area contributed by atoms with Gasteiger partial charge in [0.2, 0.25) is 0 Å². The normalized spacial score (nSPS) is 21.2. The third kappa shape index (κ3) is 3.60. The van der Waals surface area contributed by atoms with Crippen LogP contribution in [0.25, 0.3) is 0 Å². The van der Waals surface area contributed by atoms with Crippen LogP contribution in [0, 0.1) is 0 Å². The minimum absolute atomic E-state index is 0.929. The molecule has 0 spiro atoms. The molecule has 20 heavy (non-hydrogen) atoms. The van der Waals surface area contributed by atoms with Gasteiger partial charge in [-0.15, -0.1) is 0 Å². The second-order valence-corrected chi connectivity index (χ2v) is 6.09. The molecule has 0 unspecified atom stereocenters. The van der Waals surface area contributed by atoms with Gasteiger partial charge in [-0.1, -0.05) is 31.2 Å². The molecule has 0 bridgehead atoms. The van der Waals surface area contributed by atoms with Crippen LogP contribution in [0.5, 0.6) is 0 Å². The van der Waals surface area contributed by atoms with Crippen LogP contribution in [0.2, 0.25) is 0 Å². The van der Waals surface area contributed by atoms with Crippen LogP contribution in [0.1, 0.15) is 30.9 Å². The van der Waals surface area contributed by atoms with Crippen LogP contribution >= 0.6 is 0 Å². The molecule has 0 atom stereocenters. The van der Waals surface area contributed by atoms with Crippen molar-refractivity contribution < 1.29 is 0 Å². The highest BCUT2D eigenvalue weighted by Gasteiger charge is 2.31. The van der Waals surface area contributed by atoms with Crippen molar-refractivity contribution in [3.8, 4) is 0 Å². The van der Waals surface area contributed by atoms with E-state index in [4.69, 9.17) is 0 Å². The minimum atomic E-state index is 0.929. The summed E-state index contributed by atoms with van der Waals surface area (Å²) < 4.78 is 0. The van der Waals surface area contributed by atoms with Crippen molar-refractivity contribution in [3.05, 3.63) is 35.4 Å². The third-order valence-corrected chi connectivity index (χ3v) is 4.55. The Bertz CT molecular complexity index is 420. The topological polar surface area (TPSA) is 18.5 Å². The van der Waals surface area contributed by atoms with Crippen molar-refractivity contribution in [2.24, 2.45) is 0 Å². The molecule has 0 aromatic heterocycles. The number of piperazine rings is 1. The molecule has 1 aromatic rings. The van der Waals surface area contributed by atoms with Crippen LogP contribution in [0.4, 0.5) is 0 Å². The molecule has 0 amide bonds. The standard InChI is InChI=1S/C17H27N3/c1-2-18-13-15-5-3-4-6-16(15)14-19-9-11-20(12-10-19)17-7-8-17/h3-6,17-18H,2,7-14H2,1H3. The fraction of sp³-hybridized carbons (Fsp3) is 0.647. The summed E-state index contributed by atoms with van der Waals surface area (Å²) in [5.74, 6) is 0. The van der Waals surface area contributed by atoms with Gasteiger partial charge < -0.3 is 5.32 Å². The van der Waals surface area contributed by atoms with E-state index >= 15 is 0 Å². The van der Waals surface area contributed by atoms with Gasteiger partial charge in [0.15, 0.2) is 0 Å². The average Bonchev–Trinajstić information content (AvgIpc) is 3.32. The van der Waals surface area contributed by atoms with Crippen LogP contribution in [0.3, 0.4) is 0 Å². The Hall–Kier alpha value is -0.900. The summed E-state index contributed by atoms with van der Waals surface area (Å²) in [5, 5.41) is 3.45. The van der Waals surface area contributed by atoms with Crippen molar-refractivity contribution in [2.75, 3.05) is 32.7 Å². The Morgan fingerprint density at radius 3 is 2.40 bits per heavy atom. The summed E-state index contributed by atoms with van der Waals surface area (Å²) in [5.41, 5.74) is 2.95. The lowest BCUT2D eigenvalue weighted by Crippen LogP contribution is -2.46. The maximum atomic E-state index is 3.45. The summed E-state index contributed by atoms with van der Waals surface area (Å²) in [7, 11) is 0. The highest BCUT2D eigenvalue weighted by molar-refractivity contribution is 5.27. The summed E-state index contributed by atoms with van der Waals surface area (Å²) in [6, 6.07) is 9.81. The molecule has 1 aromatic carbocycles. The maximum absolute atomic E-state index is 3.45. The zero-order valence-corrected chi connectivity index (χ0v) is 12.6. The van der Waals surface area contributed by atoms with Crippen molar-refractivity contribution in [1.82, 2.24) is 15.1 Å². The molecule has 1 saturated carbocycles. The Balaban J connectivity index is 1.54. The number of benzene rings is 1. The van der Waals surface area contributed by atoms with E-state index in [0.717, 1.165) is 25.7 Å². The number of hydrogen-bond donors (Lipinski definition) is 1. The van der Waals surface area contributed by atoms with E-state index in [1.807, 2.05) is 0 Å². The molecule has 1 heterocycles. The van der Waals surface area contributed by atoms with E-state index in [1.165, 1.54) is 50.1 Å². The first-order valence-corrected chi connectivity index (χ1v) is 8.10. The summed E-state index contributed by atoms with van der Waals surface area (Å²) >= 11 is 0. The number of rotatable bonds is 6. The molecule has 0 radical (unpaired) electrons. The van der Waals surface area contributed by atoms with Crippen molar-refractivity contribution >= 4 is 0 Å². The fourth-order valence-corrected chi connectivity index (χ4v) is 3.11. The third-order valence-electron chi connectivity index (χ3n) is 4.55. The van der Waals surface area contributed by atoms with Gasteiger partial charge in [0.05, 0.1) is 0 Å². The van der Waals surface area contributed by atoms with Crippen molar-refractivity contribution in [3.63, 3.8) is 0 Å². The first-order valence-electron chi connectivity index (χ1n) is 8.10. The summed E-state index contributed by atoms with van der Waals surface area (Å²) in [6.45, 7) is 10.3. The van der Waals surface area contributed by atoms with Gasteiger partial charge in [0.25, 0.3) is 0 Å². The molecule has 1 saturated heterocycles. The molecule has 1 aliphatic carbocycles. The van der Waals surface area contributed by atoms with E-state index in [-0.39, 0.29) is 0 Å². The van der Waals surface area contributed by atoms with Crippen LogP contribution in [0.15, 0.2) is 24.3 Å². The van der Waals surface area contributed by atoms with Crippen LogP contribution in [-0.2, 0) is 13.1 Å². The molecule has 3 heteroatoms. The average molecular weight is 273 g/mol. The molecule has 1 aliphatic heterocycles. The predicted octanol–water partition coefficient (Wildman–Crippen LogP) is 2.08. The van der Waals surface area contributed by atoms with Gasteiger partial charge in [-0.05, 0) is 30.5 Å².